The van der Waals surface area contributed by atoms with Crippen molar-refractivity contribution in [3.05, 3.63) is 33.4 Å². The molecule has 0 spiro atoms. The molecule has 0 bridgehead atoms. The molecule has 0 aliphatic heterocycles. The molecule has 0 saturated heterocycles. The molecule has 2 aromatic rings. The van der Waals surface area contributed by atoms with E-state index in [0.29, 0.717) is 6.54 Å². The molecule has 0 unspecified atom stereocenters. The van der Waals surface area contributed by atoms with E-state index in [-0.39, 0.29) is 0 Å². The van der Waals surface area contributed by atoms with Crippen molar-refractivity contribution in [2.24, 2.45) is 12.8 Å². The zero-order valence-corrected chi connectivity index (χ0v) is 10.8. The van der Waals surface area contributed by atoms with Gasteiger partial charge in [0.05, 0.1) is 5.02 Å². The van der Waals surface area contributed by atoms with Gasteiger partial charge in [0, 0.05) is 28.6 Å². The Morgan fingerprint density at radius 1 is 1.47 bits per heavy atom. The minimum absolute atomic E-state index is 0.660. The minimum atomic E-state index is 0.660. The number of nitrogens with two attached hydrogens (primary N) is 1. The second-order valence-corrected chi connectivity index (χ2v) is 4.85. The number of rotatable bonds is 2. The highest BCUT2D eigenvalue weighted by atomic mass is 79.9. The van der Waals surface area contributed by atoms with Crippen LogP contribution in [-0.4, -0.2) is 11.1 Å². The van der Waals surface area contributed by atoms with Crippen LogP contribution < -0.4 is 5.73 Å². The van der Waals surface area contributed by atoms with Crippen molar-refractivity contribution in [3.63, 3.8) is 0 Å². The maximum absolute atomic E-state index is 6.08. The second-order valence-electron chi connectivity index (χ2n) is 3.59. The minimum Gasteiger partial charge on any atom is -0.350 e. The number of halogens is 2. The van der Waals surface area contributed by atoms with E-state index in [4.69, 9.17) is 17.3 Å². The third-order valence-corrected chi connectivity index (χ3v) is 3.72. The molecule has 0 fully saturated rings. The molecule has 1 heterocycles. The van der Waals surface area contributed by atoms with Crippen molar-refractivity contribution >= 4 is 38.4 Å². The molecular formula is C11H12BrClN2. The van der Waals surface area contributed by atoms with Crippen LogP contribution in [0.3, 0.4) is 0 Å². The molecule has 80 valence electrons. The Hall–Kier alpha value is -0.510. The van der Waals surface area contributed by atoms with Crippen LogP contribution in [0.2, 0.25) is 5.02 Å². The van der Waals surface area contributed by atoms with Crippen molar-refractivity contribution in [2.45, 2.75) is 6.42 Å². The van der Waals surface area contributed by atoms with E-state index in [9.17, 15) is 0 Å². The van der Waals surface area contributed by atoms with Crippen molar-refractivity contribution in [1.29, 1.82) is 0 Å². The number of benzene rings is 1. The van der Waals surface area contributed by atoms with Crippen molar-refractivity contribution in [2.75, 3.05) is 6.54 Å². The van der Waals surface area contributed by atoms with E-state index in [1.807, 2.05) is 19.2 Å². The molecule has 0 amide bonds. The highest BCUT2D eigenvalue weighted by Crippen LogP contribution is 2.30. The lowest BCUT2D eigenvalue weighted by Crippen LogP contribution is -2.01. The van der Waals surface area contributed by atoms with Crippen LogP contribution in [-0.2, 0) is 13.5 Å². The van der Waals surface area contributed by atoms with E-state index in [1.165, 1.54) is 16.5 Å². The first kappa shape index (κ1) is 11.0. The molecule has 0 aliphatic rings. The number of hydrogen-bond donors (Lipinski definition) is 1. The van der Waals surface area contributed by atoms with Gasteiger partial charge in [-0.25, -0.2) is 0 Å². The predicted molar refractivity (Wildman–Crippen MR) is 68.4 cm³/mol. The van der Waals surface area contributed by atoms with Gasteiger partial charge in [-0.05, 0) is 46.6 Å². The monoisotopic (exact) mass is 286 g/mol. The van der Waals surface area contributed by atoms with Gasteiger partial charge in [0.25, 0.3) is 0 Å². The lowest BCUT2D eigenvalue weighted by molar-refractivity contribution is 0.929. The quantitative estimate of drug-likeness (QED) is 0.904. The van der Waals surface area contributed by atoms with E-state index < -0.39 is 0 Å². The summed E-state index contributed by atoms with van der Waals surface area (Å²) in [4.78, 5) is 0. The summed E-state index contributed by atoms with van der Waals surface area (Å²) >= 11 is 9.51. The smallest absolute Gasteiger partial charge is 0.0555 e. The van der Waals surface area contributed by atoms with Gasteiger partial charge in [-0.2, -0.15) is 0 Å². The average molecular weight is 288 g/mol. The van der Waals surface area contributed by atoms with E-state index in [2.05, 4.69) is 26.7 Å². The van der Waals surface area contributed by atoms with Crippen molar-refractivity contribution in [1.82, 2.24) is 4.57 Å². The maximum atomic E-state index is 6.08. The van der Waals surface area contributed by atoms with Gasteiger partial charge in [0.1, 0.15) is 0 Å². The molecule has 15 heavy (non-hydrogen) atoms. The highest BCUT2D eigenvalue weighted by Gasteiger charge is 2.08. The SMILES string of the molecule is Cn1cc(CCN)c2cc(Cl)c(Br)cc21. The van der Waals surface area contributed by atoms with Crippen LogP contribution in [0.15, 0.2) is 22.8 Å². The van der Waals surface area contributed by atoms with Gasteiger partial charge in [0.15, 0.2) is 0 Å². The summed E-state index contributed by atoms with van der Waals surface area (Å²) in [5.41, 5.74) is 8.01. The van der Waals surface area contributed by atoms with Crippen LogP contribution in [0.5, 0.6) is 0 Å². The summed E-state index contributed by atoms with van der Waals surface area (Å²) in [7, 11) is 2.03. The fourth-order valence-electron chi connectivity index (χ4n) is 1.81. The first-order valence-corrected chi connectivity index (χ1v) is 5.93. The number of aromatic nitrogens is 1. The summed E-state index contributed by atoms with van der Waals surface area (Å²) in [5.74, 6) is 0. The Kier molecular flexibility index (Phi) is 3.05. The normalized spacial score (nSPS) is 11.2. The van der Waals surface area contributed by atoms with Crippen LogP contribution in [0.1, 0.15) is 5.56 Å². The summed E-state index contributed by atoms with van der Waals surface area (Å²) < 4.78 is 3.03. The number of nitrogens with zero attached hydrogens (tertiary/aromatic N) is 1. The molecule has 1 aromatic carbocycles. The molecule has 4 heteroatoms. The summed E-state index contributed by atoms with van der Waals surface area (Å²) in [5, 5.41) is 1.93. The Balaban J connectivity index is 2.70. The van der Waals surface area contributed by atoms with Gasteiger partial charge >= 0.3 is 0 Å². The molecule has 0 atom stereocenters. The fourth-order valence-corrected chi connectivity index (χ4v) is 2.31. The molecule has 0 aliphatic carbocycles. The van der Waals surface area contributed by atoms with Gasteiger partial charge in [-0.15, -0.1) is 0 Å². The lowest BCUT2D eigenvalue weighted by Gasteiger charge is -2.00. The lowest BCUT2D eigenvalue weighted by atomic mass is 10.1. The summed E-state index contributed by atoms with van der Waals surface area (Å²) in [6.45, 7) is 0.660. The van der Waals surface area contributed by atoms with Gasteiger partial charge in [-0.1, -0.05) is 11.6 Å². The third kappa shape index (κ3) is 1.92. The van der Waals surface area contributed by atoms with Crippen LogP contribution in [0.4, 0.5) is 0 Å². The standard InChI is InChI=1S/C11H12BrClN2/c1-15-6-7(2-3-14)8-4-10(13)9(12)5-11(8)15/h4-6H,2-3,14H2,1H3. The van der Waals surface area contributed by atoms with Crippen LogP contribution in [0.25, 0.3) is 10.9 Å². The highest BCUT2D eigenvalue weighted by molar-refractivity contribution is 9.10. The Morgan fingerprint density at radius 3 is 2.87 bits per heavy atom. The van der Waals surface area contributed by atoms with Crippen molar-refractivity contribution in [3.8, 4) is 0 Å². The number of aryl methyl sites for hydroxylation is 1. The first-order valence-electron chi connectivity index (χ1n) is 4.76. The Bertz CT molecular complexity index is 505. The van der Waals surface area contributed by atoms with Crippen LogP contribution in [0, 0.1) is 0 Å². The second kappa shape index (κ2) is 4.16. The first-order chi connectivity index (χ1) is 7.13. The third-order valence-electron chi connectivity index (χ3n) is 2.53. The number of hydrogen-bond acceptors (Lipinski definition) is 1. The molecule has 2 N–H and O–H groups in total. The molecular weight excluding hydrogens is 275 g/mol. The summed E-state index contributed by atoms with van der Waals surface area (Å²) in [6.07, 6.45) is 3.00. The molecule has 2 rings (SSSR count). The van der Waals surface area contributed by atoms with Crippen molar-refractivity contribution < 1.29 is 0 Å². The molecule has 0 radical (unpaired) electrons. The topological polar surface area (TPSA) is 30.9 Å². The van der Waals surface area contributed by atoms with Crippen LogP contribution >= 0.6 is 27.5 Å². The fraction of sp³-hybridized carbons (Fsp3) is 0.273. The zero-order valence-electron chi connectivity index (χ0n) is 8.43. The average Bonchev–Trinajstić information content (AvgIpc) is 2.46. The van der Waals surface area contributed by atoms with E-state index in [1.54, 1.807) is 0 Å². The van der Waals surface area contributed by atoms with E-state index in [0.717, 1.165) is 15.9 Å². The van der Waals surface area contributed by atoms with E-state index >= 15 is 0 Å². The van der Waals surface area contributed by atoms with Gasteiger partial charge < -0.3 is 10.3 Å². The number of fused-ring (bicyclic) bond motifs is 1. The molecule has 2 nitrogen and oxygen atoms in total. The maximum Gasteiger partial charge on any atom is 0.0555 e. The predicted octanol–water partition coefficient (Wildman–Crippen LogP) is 3.10. The summed E-state index contributed by atoms with van der Waals surface area (Å²) in [6, 6.07) is 4.03. The largest absolute Gasteiger partial charge is 0.350 e. The van der Waals surface area contributed by atoms with Gasteiger partial charge in [-0.3, -0.25) is 0 Å². The Labute approximate surface area is 102 Å². The molecule has 1 aromatic heterocycles. The Morgan fingerprint density at radius 2 is 2.20 bits per heavy atom. The zero-order chi connectivity index (χ0) is 11.0. The molecule has 0 saturated carbocycles. The van der Waals surface area contributed by atoms with Gasteiger partial charge in [0.2, 0.25) is 0 Å².